The van der Waals surface area contributed by atoms with Crippen LogP contribution in [0.4, 0.5) is 15.8 Å². The summed E-state index contributed by atoms with van der Waals surface area (Å²) in [7, 11) is 0. The zero-order valence-corrected chi connectivity index (χ0v) is 20.0. The van der Waals surface area contributed by atoms with Crippen molar-refractivity contribution < 1.29 is 23.5 Å². The van der Waals surface area contributed by atoms with Crippen molar-refractivity contribution in [2.45, 2.75) is 30.4 Å². The molecule has 10 heteroatoms. The van der Waals surface area contributed by atoms with Crippen molar-refractivity contribution in [1.29, 1.82) is 0 Å². The highest BCUT2D eigenvalue weighted by Gasteiger charge is 2.41. The summed E-state index contributed by atoms with van der Waals surface area (Å²) in [5.74, 6) is -0.351. The third kappa shape index (κ3) is 4.75. The Morgan fingerprint density at radius 2 is 1.94 bits per heavy atom. The molecule has 0 bridgehead atoms. The maximum absolute atomic E-state index is 14.0. The van der Waals surface area contributed by atoms with Crippen molar-refractivity contribution in [2.24, 2.45) is 0 Å². The number of hydrogen-bond donors (Lipinski definition) is 2. The number of nitrogens with zero attached hydrogens (tertiary/aromatic N) is 1. The molecular weight excluding hydrogens is 481 g/mol. The number of hydrogen-bond acceptors (Lipinski definition) is 6. The maximum Gasteiger partial charge on any atom is 0.253 e. The van der Waals surface area contributed by atoms with Gasteiger partial charge in [0.25, 0.3) is 5.91 Å². The minimum atomic E-state index is -0.533. The number of ether oxygens (including phenoxy) is 2. The molecule has 2 aromatic rings. The summed E-state index contributed by atoms with van der Waals surface area (Å²) in [6, 6.07) is 9.40. The Balaban J connectivity index is 1.19. The number of benzene rings is 2. The van der Waals surface area contributed by atoms with Crippen LogP contribution >= 0.6 is 23.4 Å². The number of rotatable bonds is 5. The van der Waals surface area contributed by atoms with Crippen molar-refractivity contribution in [2.75, 3.05) is 42.7 Å². The summed E-state index contributed by atoms with van der Waals surface area (Å²) in [6.07, 6.45) is 1.30. The van der Waals surface area contributed by atoms with Gasteiger partial charge in [-0.05, 0) is 30.3 Å². The normalized spacial score (nSPS) is 21.2. The lowest BCUT2D eigenvalue weighted by molar-refractivity contribution is -0.181. The number of thioether (sulfide) groups is 1. The molecule has 2 amide bonds. The number of fused-ring (bicyclic) bond motifs is 1. The van der Waals surface area contributed by atoms with Crippen LogP contribution in [0.25, 0.3) is 0 Å². The van der Waals surface area contributed by atoms with Crippen LogP contribution < -0.4 is 10.6 Å². The van der Waals surface area contributed by atoms with E-state index in [1.165, 1.54) is 17.8 Å². The van der Waals surface area contributed by atoms with Gasteiger partial charge in [0.15, 0.2) is 5.79 Å². The van der Waals surface area contributed by atoms with E-state index in [1.54, 1.807) is 29.2 Å². The first kappa shape index (κ1) is 23.4. The van der Waals surface area contributed by atoms with Crippen molar-refractivity contribution in [1.82, 2.24) is 4.90 Å². The van der Waals surface area contributed by atoms with Gasteiger partial charge in [0.2, 0.25) is 5.91 Å². The van der Waals surface area contributed by atoms with Gasteiger partial charge in [0.05, 0.1) is 24.6 Å². The molecular formula is C24H25ClFN3O4S. The van der Waals surface area contributed by atoms with E-state index in [9.17, 15) is 14.0 Å². The van der Waals surface area contributed by atoms with Crippen LogP contribution in [0, 0.1) is 5.82 Å². The molecule has 1 atom stereocenters. The number of halogens is 2. The highest BCUT2D eigenvalue weighted by molar-refractivity contribution is 7.98. The van der Waals surface area contributed by atoms with Crippen LogP contribution in [0.2, 0.25) is 5.02 Å². The average Bonchev–Trinajstić information content (AvgIpc) is 3.28. The van der Waals surface area contributed by atoms with Gasteiger partial charge in [0, 0.05) is 53.6 Å². The molecule has 0 radical (unpaired) electrons. The first-order valence-electron chi connectivity index (χ1n) is 11.2. The van der Waals surface area contributed by atoms with E-state index in [0.29, 0.717) is 72.5 Å². The zero-order chi connectivity index (χ0) is 23.7. The van der Waals surface area contributed by atoms with E-state index in [-0.39, 0.29) is 17.6 Å². The standard InChI is InChI=1S/C24H25ClFN3O4S/c25-17-2-1-3-18(26)16(17)13-34-14-21-22(30)28-20-12-15(4-5-19(20)27-21)23(31)29-8-6-24(7-9-29)32-10-11-33-24/h1-5,12,21,27H,6-11,13-14H2,(H,28,30)/t21-/m0/s1. The molecule has 1 spiro atoms. The van der Waals surface area contributed by atoms with Gasteiger partial charge in [-0.2, -0.15) is 11.8 Å². The van der Waals surface area contributed by atoms with E-state index in [2.05, 4.69) is 10.6 Å². The summed E-state index contributed by atoms with van der Waals surface area (Å²) in [6.45, 7) is 2.32. The molecule has 3 heterocycles. The number of piperidine rings is 1. The molecule has 180 valence electrons. The topological polar surface area (TPSA) is 79.9 Å². The highest BCUT2D eigenvalue weighted by atomic mass is 35.5. The molecule has 0 saturated carbocycles. The third-order valence-corrected chi connectivity index (χ3v) is 7.81. The van der Waals surface area contributed by atoms with Crippen molar-refractivity contribution in [3.05, 3.63) is 58.4 Å². The molecule has 2 aromatic carbocycles. The fraction of sp³-hybridized carbons (Fsp3) is 0.417. The Hall–Kier alpha value is -2.33. The molecule has 3 aliphatic rings. The van der Waals surface area contributed by atoms with E-state index in [1.807, 2.05) is 6.07 Å². The van der Waals surface area contributed by atoms with Crippen LogP contribution in [0.5, 0.6) is 0 Å². The van der Waals surface area contributed by atoms with Crippen LogP contribution in [-0.2, 0) is 20.0 Å². The molecule has 0 aliphatic carbocycles. The van der Waals surface area contributed by atoms with Crippen molar-refractivity contribution in [3.63, 3.8) is 0 Å². The Morgan fingerprint density at radius 1 is 1.18 bits per heavy atom. The molecule has 0 aromatic heterocycles. The Labute approximate surface area is 206 Å². The lowest BCUT2D eigenvalue weighted by Crippen LogP contribution is -2.47. The molecule has 2 saturated heterocycles. The first-order chi connectivity index (χ1) is 16.4. The van der Waals surface area contributed by atoms with E-state index >= 15 is 0 Å². The number of carbonyl (C=O) groups is 2. The van der Waals surface area contributed by atoms with Gasteiger partial charge in [-0.15, -0.1) is 0 Å². The van der Waals surface area contributed by atoms with Gasteiger partial charge >= 0.3 is 0 Å². The SMILES string of the molecule is O=C1Nc2cc(C(=O)N3CCC4(CC3)OCCO4)ccc2N[C@H]1CSCc1c(F)cccc1Cl. The number of anilines is 2. The van der Waals surface area contributed by atoms with Crippen LogP contribution in [0.1, 0.15) is 28.8 Å². The minimum Gasteiger partial charge on any atom is -0.371 e. The van der Waals surface area contributed by atoms with Crippen LogP contribution in [0.3, 0.4) is 0 Å². The van der Waals surface area contributed by atoms with Gasteiger partial charge in [-0.1, -0.05) is 17.7 Å². The second-order valence-electron chi connectivity index (χ2n) is 8.56. The molecule has 3 aliphatic heterocycles. The zero-order valence-electron chi connectivity index (χ0n) is 18.4. The lowest BCUT2D eigenvalue weighted by Gasteiger charge is -2.37. The van der Waals surface area contributed by atoms with E-state index < -0.39 is 11.8 Å². The Kier molecular flexibility index (Phi) is 6.70. The fourth-order valence-electron chi connectivity index (χ4n) is 4.46. The summed E-state index contributed by atoms with van der Waals surface area (Å²) in [5, 5.41) is 6.49. The average molecular weight is 506 g/mol. The Morgan fingerprint density at radius 3 is 2.68 bits per heavy atom. The highest BCUT2D eigenvalue weighted by Crippen LogP contribution is 2.33. The number of nitrogens with one attached hydrogen (secondary N) is 2. The van der Waals surface area contributed by atoms with Gasteiger partial charge in [0.1, 0.15) is 11.9 Å². The summed E-state index contributed by atoms with van der Waals surface area (Å²) < 4.78 is 25.4. The van der Waals surface area contributed by atoms with Gasteiger partial charge in [-0.25, -0.2) is 4.39 Å². The van der Waals surface area contributed by atoms with E-state index in [0.717, 1.165) is 5.69 Å². The molecule has 0 unspecified atom stereocenters. The second kappa shape index (κ2) is 9.73. The summed E-state index contributed by atoms with van der Waals surface area (Å²) in [5.41, 5.74) is 2.27. The second-order valence-corrected chi connectivity index (χ2v) is 10.00. The Bertz CT molecular complexity index is 1080. The lowest BCUT2D eigenvalue weighted by atomic mass is 10.0. The molecule has 2 N–H and O–H groups in total. The van der Waals surface area contributed by atoms with Crippen LogP contribution in [-0.4, -0.2) is 60.6 Å². The van der Waals surface area contributed by atoms with E-state index in [4.69, 9.17) is 21.1 Å². The van der Waals surface area contributed by atoms with Gasteiger partial charge < -0.3 is 25.0 Å². The first-order valence-corrected chi connectivity index (χ1v) is 12.8. The third-order valence-electron chi connectivity index (χ3n) is 6.39. The molecule has 7 nitrogen and oxygen atoms in total. The number of carbonyl (C=O) groups excluding carboxylic acids is 2. The predicted molar refractivity (Wildman–Crippen MR) is 130 cm³/mol. The monoisotopic (exact) mass is 505 g/mol. The number of amides is 2. The number of likely N-dealkylation sites (tertiary alicyclic amines) is 1. The van der Waals surface area contributed by atoms with Gasteiger partial charge in [-0.3, -0.25) is 9.59 Å². The smallest absolute Gasteiger partial charge is 0.253 e. The molecule has 2 fully saturated rings. The summed E-state index contributed by atoms with van der Waals surface area (Å²) >= 11 is 7.51. The fourth-order valence-corrected chi connectivity index (χ4v) is 5.86. The summed E-state index contributed by atoms with van der Waals surface area (Å²) in [4.78, 5) is 27.5. The largest absolute Gasteiger partial charge is 0.371 e. The molecule has 5 rings (SSSR count). The molecule has 34 heavy (non-hydrogen) atoms. The predicted octanol–water partition coefficient (Wildman–Crippen LogP) is 4.12. The quantitative estimate of drug-likeness (QED) is 0.636. The van der Waals surface area contributed by atoms with Crippen LogP contribution in [0.15, 0.2) is 36.4 Å². The minimum absolute atomic E-state index is 0.0793. The maximum atomic E-state index is 14.0. The van der Waals surface area contributed by atoms with Crippen molar-refractivity contribution >= 4 is 46.6 Å². The van der Waals surface area contributed by atoms with Crippen molar-refractivity contribution in [3.8, 4) is 0 Å².